The van der Waals surface area contributed by atoms with Gasteiger partial charge in [-0.1, -0.05) is 0 Å². The second-order valence-corrected chi connectivity index (χ2v) is 2.79. The highest BCUT2D eigenvalue weighted by atomic mass is 127. The van der Waals surface area contributed by atoms with E-state index < -0.39 is 0 Å². The van der Waals surface area contributed by atoms with Gasteiger partial charge in [0, 0.05) is 5.56 Å². The average molecular weight is 265 g/mol. The molecule has 4 heteroatoms. The number of rotatable bonds is 1. The Morgan fingerprint density at radius 3 is 2.82 bits per heavy atom. The van der Waals surface area contributed by atoms with E-state index in [1.54, 1.807) is 35.4 Å². The molecule has 0 aromatic carbocycles. The van der Waals surface area contributed by atoms with Crippen LogP contribution in [0.25, 0.3) is 0 Å². The van der Waals surface area contributed by atoms with Crippen molar-refractivity contribution >= 4 is 11.5 Å². The lowest BCUT2D eigenvalue weighted by atomic mass is 10.3. The standard InChI is InChI=1S/C7H10IN2O/c1-5-3-11-4-7(5)9-6(2)10-8/h3-4,8H,1-2H3,(H,9,10)/q+1. The summed E-state index contributed by atoms with van der Waals surface area (Å²) in [6, 6.07) is 0. The zero-order valence-corrected chi connectivity index (χ0v) is 8.75. The monoisotopic (exact) mass is 265 g/mol. The fourth-order valence-corrected chi connectivity index (χ4v) is 0.837. The van der Waals surface area contributed by atoms with Crippen molar-refractivity contribution in [3.8, 4) is 0 Å². The van der Waals surface area contributed by atoms with Crippen molar-refractivity contribution in [3.63, 3.8) is 0 Å². The topological polar surface area (TPSA) is 37.5 Å². The minimum atomic E-state index is 0.888. The van der Waals surface area contributed by atoms with E-state index in [9.17, 15) is 0 Å². The third-order valence-electron chi connectivity index (χ3n) is 1.31. The summed E-state index contributed by atoms with van der Waals surface area (Å²) in [6.45, 7) is 3.89. The van der Waals surface area contributed by atoms with E-state index in [1.165, 1.54) is 0 Å². The van der Waals surface area contributed by atoms with Crippen LogP contribution in [0.3, 0.4) is 0 Å². The predicted octanol–water partition coefficient (Wildman–Crippen LogP) is -1.38. The Kier molecular flexibility index (Phi) is 2.92. The van der Waals surface area contributed by atoms with Gasteiger partial charge in [-0.2, -0.15) is 0 Å². The second kappa shape index (κ2) is 3.75. The first kappa shape index (κ1) is 8.58. The van der Waals surface area contributed by atoms with Crippen LogP contribution in [-0.4, -0.2) is 5.84 Å². The van der Waals surface area contributed by atoms with Crippen LogP contribution in [0, 0.1) is 6.92 Å². The first-order valence-electron chi connectivity index (χ1n) is 3.20. The van der Waals surface area contributed by atoms with E-state index >= 15 is 0 Å². The van der Waals surface area contributed by atoms with Gasteiger partial charge in [-0.05, 0) is 17.1 Å². The van der Waals surface area contributed by atoms with Gasteiger partial charge in [-0.25, -0.2) is 0 Å². The van der Waals surface area contributed by atoms with Crippen LogP contribution in [0.5, 0.6) is 0 Å². The summed E-state index contributed by atoms with van der Waals surface area (Å²) < 4.78 is 8.95. The van der Waals surface area contributed by atoms with Gasteiger partial charge in [0.2, 0.25) is 0 Å². The van der Waals surface area contributed by atoms with Crippen LogP contribution in [0.4, 0.5) is 5.69 Å². The fourth-order valence-electron chi connectivity index (χ4n) is 0.706. The molecule has 0 unspecified atom stereocenters. The normalized spacial score (nSPS) is 11.7. The fraction of sp³-hybridized carbons (Fsp3) is 0.286. The van der Waals surface area contributed by atoms with Crippen LogP contribution < -0.4 is 28.2 Å². The summed E-state index contributed by atoms with van der Waals surface area (Å²) in [4.78, 5) is 0. The summed E-state index contributed by atoms with van der Waals surface area (Å²) in [5, 5.41) is 3.10. The molecule has 0 aliphatic rings. The number of hydrogen-bond donors (Lipinski definition) is 1. The van der Waals surface area contributed by atoms with E-state index in [4.69, 9.17) is 4.42 Å². The molecule has 0 fully saturated rings. The van der Waals surface area contributed by atoms with Crippen LogP contribution in [-0.2, 0) is 0 Å². The molecule has 11 heavy (non-hydrogen) atoms. The Labute approximate surface area is 79.4 Å². The molecule has 60 valence electrons. The van der Waals surface area contributed by atoms with E-state index in [-0.39, 0.29) is 0 Å². The zero-order valence-electron chi connectivity index (χ0n) is 6.42. The molecular formula is C7H10IN2O+. The van der Waals surface area contributed by atoms with Gasteiger partial charge in [-0.15, -0.1) is 0 Å². The third-order valence-corrected chi connectivity index (χ3v) is 2.09. The molecule has 3 nitrogen and oxygen atoms in total. The van der Waals surface area contributed by atoms with Gasteiger partial charge in [0.25, 0.3) is 0 Å². The van der Waals surface area contributed by atoms with Crippen LogP contribution in [0.15, 0.2) is 20.1 Å². The highest BCUT2D eigenvalue weighted by Crippen LogP contribution is 2.14. The quantitative estimate of drug-likeness (QED) is 0.386. The van der Waals surface area contributed by atoms with Gasteiger partial charge >= 0.3 is 22.9 Å². The summed E-state index contributed by atoms with van der Waals surface area (Å²) in [7, 11) is 0. The highest BCUT2D eigenvalue weighted by Gasteiger charge is 2.00. The van der Waals surface area contributed by atoms with Gasteiger partial charge in [0.05, 0.1) is 12.0 Å². The van der Waals surface area contributed by atoms with Gasteiger partial charge in [-0.3, -0.25) is 0 Å². The minimum Gasteiger partial charge on any atom is -0.470 e. The molecule has 0 bridgehead atoms. The summed E-state index contributed by atoms with van der Waals surface area (Å²) in [5.41, 5.74) is 2.07. The number of halogens is 1. The van der Waals surface area contributed by atoms with Crippen molar-refractivity contribution in [3.05, 3.63) is 18.1 Å². The summed E-state index contributed by atoms with van der Waals surface area (Å²) >= 11 is 1.68. The molecule has 0 saturated carbocycles. The predicted molar refractivity (Wildman–Crippen MR) is 41.6 cm³/mol. The molecule has 1 heterocycles. The maximum atomic E-state index is 4.97. The van der Waals surface area contributed by atoms with E-state index in [1.807, 2.05) is 13.8 Å². The number of amidine groups is 1. The lowest BCUT2D eigenvalue weighted by Gasteiger charge is -1.98. The molecule has 1 N–H and O–H groups in total. The Morgan fingerprint density at radius 2 is 2.36 bits per heavy atom. The van der Waals surface area contributed by atoms with Gasteiger partial charge in [0.1, 0.15) is 6.26 Å². The molecule has 0 radical (unpaired) electrons. The number of anilines is 1. The smallest absolute Gasteiger partial charge is 0.430 e. The lowest BCUT2D eigenvalue weighted by molar-refractivity contribution is -0.371. The highest BCUT2D eigenvalue weighted by molar-refractivity contribution is 5.93. The van der Waals surface area contributed by atoms with E-state index in [2.05, 4.69) is 8.52 Å². The van der Waals surface area contributed by atoms with Crippen molar-refractivity contribution in [2.75, 3.05) is 5.32 Å². The number of aryl methyl sites for hydroxylation is 1. The first-order valence-corrected chi connectivity index (χ1v) is 4.25. The molecule has 0 aliphatic heterocycles. The van der Waals surface area contributed by atoms with Crippen LogP contribution in [0.2, 0.25) is 0 Å². The van der Waals surface area contributed by atoms with Crippen molar-refractivity contribution in [1.29, 1.82) is 0 Å². The molecule has 0 saturated heterocycles. The van der Waals surface area contributed by atoms with Crippen LogP contribution >= 0.6 is 0 Å². The SMILES string of the molecule is CC(=N[IH+])Nc1cocc1C. The Balaban J connectivity index is 2.72. The van der Waals surface area contributed by atoms with Gasteiger partial charge in [0.15, 0.2) is 5.84 Å². The van der Waals surface area contributed by atoms with Gasteiger partial charge < -0.3 is 9.73 Å². The van der Waals surface area contributed by atoms with Crippen molar-refractivity contribution in [2.45, 2.75) is 13.8 Å². The molecule has 0 atom stereocenters. The average Bonchev–Trinajstić information content (AvgIpc) is 2.37. The largest absolute Gasteiger partial charge is 0.470 e. The lowest BCUT2D eigenvalue weighted by Crippen LogP contribution is -3.30. The summed E-state index contributed by atoms with van der Waals surface area (Å²) in [6.07, 6.45) is 3.37. The Hall–Kier alpha value is -0.520. The van der Waals surface area contributed by atoms with E-state index in [0.717, 1.165) is 17.1 Å². The maximum Gasteiger partial charge on any atom is 0.430 e. The van der Waals surface area contributed by atoms with Crippen molar-refractivity contribution in [2.24, 2.45) is 3.21 Å². The number of nitrogens with one attached hydrogen (secondary N) is 1. The third kappa shape index (κ3) is 2.21. The molecular weight excluding hydrogens is 255 g/mol. The Bertz CT molecular complexity index is 267. The van der Waals surface area contributed by atoms with Crippen molar-refractivity contribution < 1.29 is 27.3 Å². The molecule has 0 aliphatic carbocycles. The molecule has 0 spiro atoms. The molecule has 1 aromatic rings. The Morgan fingerprint density at radius 1 is 1.64 bits per heavy atom. The maximum absolute atomic E-state index is 4.97. The van der Waals surface area contributed by atoms with E-state index in [0.29, 0.717) is 0 Å². The summed E-state index contributed by atoms with van der Waals surface area (Å²) in [5.74, 6) is 0.888. The molecule has 0 amide bonds. The van der Waals surface area contributed by atoms with Crippen molar-refractivity contribution in [1.82, 2.24) is 0 Å². The van der Waals surface area contributed by atoms with Crippen LogP contribution in [0.1, 0.15) is 12.5 Å². The number of nitrogens with zero attached hydrogens (tertiary/aromatic N) is 1. The first-order chi connectivity index (χ1) is 5.24. The second-order valence-electron chi connectivity index (χ2n) is 2.27. The molecule has 1 aromatic heterocycles. The zero-order chi connectivity index (χ0) is 8.27. The molecule has 1 rings (SSSR count). The number of furan rings is 1. The number of hydrogen-bond acceptors (Lipinski definition) is 2. The minimum absolute atomic E-state index is 0.888.